The van der Waals surface area contributed by atoms with Gasteiger partial charge in [-0.05, 0) is 36.1 Å². The van der Waals surface area contributed by atoms with Crippen LogP contribution >= 0.6 is 11.6 Å². The molecule has 0 bridgehead atoms. The van der Waals surface area contributed by atoms with Crippen LogP contribution in [0.1, 0.15) is 21.5 Å². The lowest BCUT2D eigenvalue weighted by Gasteiger charge is -2.39. The number of carbonyl (C=O) groups is 1. The van der Waals surface area contributed by atoms with Crippen molar-refractivity contribution in [1.82, 2.24) is 4.90 Å². The zero-order valence-electron chi connectivity index (χ0n) is 12.7. The molecule has 1 saturated heterocycles. The molecule has 0 unspecified atom stereocenters. The van der Waals surface area contributed by atoms with Crippen LogP contribution in [0.15, 0.2) is 48.5 Å². The molecule has 6 heteroatoms. The van der Waals surface area contributed by atoms with Crippen molar-refractivity contribution < 1.29 is 18.0 Å². The van der Waals surface area contributed by atoms with Gasteiger partial charge in [0.05, 0.1) is 16.1 Å². The van der Waals surface area contributed by atoms with E-state index in [1.807, 2.05) is 0 Å². The minimum absolute atomic E-state index is 0.138. The Balaban J connectivity index is 1.60. The van der Waals surface area contributed by atoms with E-state index in [9.17, 15) is 18.0 Å². The molecule has 3 rings (SSSR count). The summed E-state index contributed by atoms with van der Waals surface area (Å²) in [7, 11) is 0. The summed E-state index contributed by atoms with van der Waals surface area (Å²) < 4.78 is 38.2. The van der Waals surface area contributed by atoms with Crippen LogP contribution in [0.25, 0.3) is 0 Å². The predicted octanol–water partition coefficient (Wildman–Crippen LogP) is 4.67. The van der Waals surface area contributed by atoms with Crippen LogP contribution in [-0.2, 0) is 12.6 Å². The van der Waals surface area contributed by atoms with Crippen molar-refractivity contribution in [2.75, 3.05) is 13.1 Å². The largest absolute Gasteiger partial charge is 0.416 e. The fraction of sp³-hybridized carbons (Fsp3) is 0.278. The summed E-state index contributed by atoms with van der Waals surface area (Å²) in [6.45, 7) is 1.06. The van der Waals surface area contributed by atoms with Gasteiger partial charge < -0.3 is 4.90 Å². The summed E-state index contributed by atoms with van der Waals surface area (Å²) >= 11 is 6.02. The maximum absolute atomic E-state index is 12.7. The summed E-state index contributed by atoms with van der Waals surface area (Å²) in [5.41, 5.74) is 0.458. The minimum atomic E-state index is -4.33. The Morgan fingerprint density at radius 2 is 1.83 bits per heavy atom. The molecule has 0 N–H and O–H groups in total. The van der Waals surface area contributed by atoms with Gasteiger partial charge in [-0.3, -0.25) is 4.79 Å². The molecule has 1 aliphatic heterocycles. The number of carbonyl (C=O) groups excluding carboxylic acids is 1. The van der Waals surface area contributed by atoms with Gasteiger partial charge >= 0.3 is 6.18 Å². The van der Waals surface area contributed by atoms with Gasteiger partial charge in [0.15, 0.2) is 0 Å². The van der Waals surface area contributed by atoms with Crippen molar-refractivity contribution in [3.8, 4) is 0 Å². The Morgan fingerprint density at radius 3 is 2.50 bits per heavy atom. The molecular weight excluding hydrogens is 339 g/mol. The molecule has 0 radical (unpaired) electrons. The van der Waals surface area contributed by atoms with Crippen LogP contribution in [0, 0.1) is 5.92 Å². The maximum atomic E-state index is 12.7. The number of halogens is 4. The lowest BCUT2D eigenvalue weighted by atomic mass is 9.91. The Kier molecular flexibility index (Phi) is 4.54. The number of hydrogen-bond donors (Lipinski definition) is 0. The normalized spacial score (nSPS) is 15.2. The van der Waals surface area contributed by atoms with Crippen molar-refractivity contribution in [2.45, 2.75) is 12.6 Å². The van der Waals surface area contributed by atoms with E-state index in [2.05, 4.69) is 0 Å². The lowest BCUT2D eigenvalue weighted by molar-refractivity contribution is -0.137. The number of rotatable bonds is 3. The molecule has 2 nitrogen and oxygen atoms in total. The zero-order valence-corrected chi connectivity index (χ0v) is 13.4. The highest BCUT2D eigenvalue weighted by atomic mass is 35.5. The quantitative estimate of drug-likeness (QED) is 0.785. The van der Waals surface area contributed by atoms with E-state index in [0.29, 0.717) is 35.7 Å². The van der Waals surface area contributed by atoms with Crippen molar-refractivity contribution in [3.05, 3.63) is 70.2 Å². The van der Waals surface area contributed by atoms with Crippen molar-refractivity contribution in [1.29, 1.82) is 0 Å². The minimum Gasteiger partial charge on any atom is -0.338 e. The fourth-order valence-corrected chi connectivity index (χ4v) is 3.09. The molecule has 1 aliphatic rings. The van der Waals surface area contributed by atoms with E-state index in [1.165, 1.54) is 12.1 Å². The van der Waals surface area contributed by atoms with Gasteiger partial charge in [0.2, 0.25) is 0 Å². The topological polar surface area (TPSA) is 20.3 Å². The van der Waals surface area contributed by atoms with E-state index in [0.717, 1.165) is 6.07 Å². The van der Waals surface area contributed by atoms with E-state index >= 15 is 0 Å². The van der Waals surface area contributed by atoms with Gasteiger partial charge in [0.1, 0.15) is 0 Å². The summed E-state index contributed by atoms with van der Waals surface area (Å²) in [5.74, 6) is 0.0285. The first kappa shape index (κ1) is 16.8. The molecule has 0 aliphatic carbocycles. The molecule has 0 aromatic heterocycles. The summed E-state index contributed by atoms with van der Waals surface area (Å²) in [6.07, 6.45) is -3.81. The Labute approximate surface area is 142 Å². The van der Waals surface area contributed by atoms with E-state index in [-0.39, 0.29) is 11.8 Å². The molecule has 0 saturated carbocycles. The molecule has 24 heavy (non-hydrogen) atoms. The number of likely N-dealkylation sites (tertiary alicyclic amines) is 1. The third kappa shape index (κ3) is 3.56. The van der Waals surface area contributed by atoms with E-state index in [1.54, 1.807) is 35.2 Å². The second-order valence-electron chi connectivity index (χ2n) is 5.96. The molecule has 0 atom stereocenters. The molecular formula is C18H15ClF3NO. The summed E-state index contributed by atoms with van der Waals surface area (Å²) in [5, 5.41) is 0.406. The monoisotopic (exact) mass is 353 g/mol. The van der Waals surface area contributed by atoms with E-state index in [4.69, 9.17) is 11.6 Å². The Bertz CT molecular complexity index is 754. The van der Waals surface area contributed by atoms with Crippen molar-refractivity contribution in [3.63, 3.8) is 0 Å². The second kappa shape index (κ2) is 6.48. The highest BCUT2D eigenvalue weighted by Crippen LogP contribution is 2.31. The predicted molar refractivity (Wildman–Crippen MR) is 86.0 cm³/mol. The average molecular weight is 354 g/mol. The molecule has 2 aromatic carbocycles. The molecule has 126 valence electrons. The number of benzene rings is 2. The molecule has 1 fully saturated rings. The molecule has 2 aromatic rings. The third-order valence-electron chi connectivity index (χ3n) is 4.13. The zero-order chi connectivity index (χ0) is 17.3. The molecule has 1 heterocycles. The third-order valence-corrected chi connectivity index (χ3v) is 4.46. The van der Waals surface area contributed by atoms with Crippen LogP contribution in [-0.4, -0.2) is 23.9 Å². The van der Waals surface area contributed by atoms with Gasteiger partial charge in [-0.2, -0.15) is 13.2 Å². The first-order valence-electron chi connectivity index (χ1n) is 7.54. The smallest absolute Gasteiger partial charge is 0.338 e. The van der Waals surface area contributed by atoms with Crippen LogP contribution in [0.4, 0.5) is 13.2 Å². The van der Waals surface area contributed by atoms with Crippen LogP contribution in [0.5, 0.6) is 0 Å². The van der Waals surface area contributed by atoms with Gasteiger partial charge in [-0.25, -0.2) is 0 Å². The first-order valence-corrected chi connectivity index (χ1v) is 7.92. The maximum Gasteiger partial charge on any atom is 0.416 e. The number of alkyl halides is 3. The first-order chi connectivity index (χ1) is 11.3. The van der Waals surface area contributed by atoms with Gasteiger partial charge in [0.25, 0.3) is 5.91 Å². The van der Waals surface area contributed by atoms with Crippen LogP contribution in [0.2, 0.25) is 5.02 Å². The highest BCUT2D eigenvalue weighted by molar-refractivity contribution is 6.33. The number of nitrogens with zero attached hydrogens (tertiary/aromatic N) is 1. The summed E-state index contributed by atoms with van der Waals surface area (Å²) in [6, 6.07) is 12.2. The SMILES string of the molecule is O=C(c1ccccc1Cl)N1CC(Cc2cccc(C(F)(F)F)c2)C1. The second-order valence-corrected chi connectivity index (χ2v) is 6.37. The van der Waals surface area contributed by atoms with Gasteiger partial charge in [0, 0.05) is 13.1 Å². The number of amides is 1. The van der Waals surface area contributed by atoms with Crippen molar-refractivity contribution >= 4 is 17.5 Å². The molecule has 1 amide bonds. The van der Waals surface area contributed by atoms with Crippen LogP contribution < -0.4 is 0 Å². The molecule has 0 spiro atoms. The number of hydrogen-bond acceptors (Lipinski definition) is 1. The highest BCUT2D eigenvalue weighted by Gasteiger charge is 2.33. The standard InChI is InChI=1S/C18H15ClF3NO/c19-16-7-2-1-6-15(16)17(24)23-10-13(11-23)8-12-4-3-5-14(9-12)18(20,21)22/h1-7,9,13H,8,10-11H2. The van der Waals surface area contributed by atoms with Crippen LogP contribution in [0.3, 0.4) is 0 Å². The fourth-order valence-electron chi connectivity index (χ4n) is 2.88. The van der Waals surface area contributed by atoms with E-state index < -0.39 is 11.7 Å². The average Bonchev–Trinajstić information content (AvgIpc) is 2.50. The van der Waals surface area contributed by atoms with Crippen molar-refractivity contribution in [2.24, 2.45) is 5.92 Å². The summed E-state index contributed by atoms with van der Waals surface area (Å²) in [4.78, 5) is 14.0. The lowest BCUT2D eigenvalue weighted by Crippen LogP contribution is -2.50. The Hall–Kier alpha value is -2.01. The van der Waals surface area contributed by atoms with Gasteiger partial charge in [-0.1, -0.05) is 41.9 Å². The Morgan fingerprint density at radius 1 is 1.12 bits per heavy atom. The van der Waals surface area contributed by atoms with Gasteiger partial charge in [-0.15, -0.1) is 0 Å².